The summed E-state index contributed by atoms with van der Waals surface area (Å²) in [5.74, 6) is 0.899. The lowest BCUT2D eigenvalue weighted by Crippen LogP contribution is -2.43. The largest absolute Gasteiger partial charge is 0.337 e. The van der Waals surface area contributed by atoms with Crippen molar-refractivity contribution in [2.75, 3.05) is 7.05 Å². The van der Waals surface area contributed by atoms with Gasteiger partial charge in [-0.25, -0.2) is 9.78 Å². The van der Waals surface area contributed by atoms with E-state index < -0.39 is 0 Å². The Bertz CT molecular complexity index is 395. The summed E-state index contributed by atoms with van der Waals surface area (Å²) in [6.45, 7) is 0.544. The van der Waals surface area contributed by atoms with Crippen molar-refractivity contribution >= 4 is 6.03 Å². The van der Waals surface area contributed by atoms with E-state index in [1.807, 2.05) is 24.9 Å². The number of hydrogen-bond donors (Lipinski definition) is 1. The molecule has 1 N–H and O–H groups in total. The first-order valence-corrected chi connectivity index (χ1v) is 6.64. The molecule has 100 valence electrons. The van der Waals surface area contributed by atoms with E-state index in [4.69, 9.17) is 0 Å². The Morgan fingerprint density at radius 1 is 1.50 bits per heavy atom. The third-order valence-corrected chi connectivity index (χ3v) is 3.58. The first-order valence-electron chi connectivity index (χ1n) is 6.64. The molecule has 18 heavy (non-hydrogen) atoms. The number of aromatic nitrogens is 2. The molecule has 1 aromatic heterocycles. The molecule has 0 spiro atoms. The Morgan fingerprint density at radius 2 is 2.22 bits per heavy atom. The van der Waals surface area contributed by atoms with Gasteiger partial charge in [0.2, 0.25) is 0 Å². The van der Waals surface area contributed by atoms with E-state index in [-0.39, 0.29) is 6.03 Å². The molecule has 0 unspecified atom stereocenters. The van der Waals surface area contributed by atoms with Crippen molar-refractivity contribution in [1.29, 1.82) is 0 Å². The highest BCUT2D eigenvalue weighted by atomic mass is 16.2. The summed E-state index contributed by atoms with van der Waals surface area (Å²) >= 11 is 0. The number of carbonyl (C=O) groups is 1. The van der Waals surface area contributed by atoms with Crippen molar-refractivity contribution in [2.45, 2.75) is 44.7 Å². The summed E-state index contributed by atoms with van der Waals surface area (Å²) in [7, 11) is 3.75. The Hall–Kier alpha value is -1.52. The van der Waals surface area contributed by atoms with Gasteiger partial charge in [0, 0.05) is 32.5 Å². The maximum Gasteiger partial charge on any atom is 0.317 e. The number of urea groups is 1. The second-order valence-electron chi connectivity index (χ2n) is 5.09. The van der Waals surface area contributed by atoms with Crippen LogP contribution in [0.3, 0.4) is 0 Å². The van der Waals surface area contributed by atoms with Crippen LogP contribution in [0.2, 0.25) is 0 Å². The van der Waals surface area contributed by atoms with Crippen LogP contribution in [-0.4, -0.2) is 33.6 Å². The first-order chi connectivity index (χ1) is 8.66. The van der Waals surface area contributed by atoms with Gasteiger partial charge in [-0.05, 0) is 12.8 Å². The summed E-state index contributed by atoms with van der Waals surface area (Å²) in [5.41, 5.74) is 0. The molecule has 1 aliphatic rings. The van der Waals surface area contributed by atoms with Crippen LogP contribution in [-0.2, 0) is 13.6 Å². The number of aryl methyl sites for hydroxylation is 1. The fraction of sp³-hybridized carbons (Fsp3) is 0.692. The Labute approximate surface area is 108 Å². The van der Waals surface area contributed by atoms with Crippen LogP contribution in [0.15, 0.2) is 12.4 Å². The van der Waals surface area contributed by atoms with Crippen molar-refractivity contribution in [3.8, 4) is 0 Å². The van der Waals surface area contributed by atoms with Gasteiger partial charge in [0.1, 0.15) is 5.82 Å². The van der Waals surface area contributed by atoms with E-state index in [2.05, 4.69) is 10.3 Å². The molecule has 1 aliphatic carbocycles. The number of amides is 2. The molecule has 1 saturated carbocycles. The molecule has 5 heteroatoms. The quantitative estimate of drug-likeness (QED) is 0.890. The first kappa shape index (κ1) is 12.9. The van der Waals surface area contributed by atoms with E-state index in [9.17, 15) is 4.79 Å². The number of nitrogens with zero attached hydrogens (tertiary/aromatic N) is 3. The van der Waals surface area contributed by atoms with E-state index >= 15 is 0 Å². The second kappa shape index (κ2) is 5.89. The van der Waals surface area contributed by atoms with E-state index in [0.717, 1.165) is 18.7 Å². The summed E-state index contributed by atoms with van der Waals surface area (Å²) < 4.78 is 1.93. The molecule has 0 atom stereocenters. The van der Waals surface area contributed by atoms with Gasteiger partial charge in [0.15, 0.2) is 0 Å². The van der Waals surface area contributed by atoms with Crippen LogP contribution in [0.1, 0.15) is 37.9 Å². The molecule has 0 saturated heterocycles. The fourth-order valence-corrected chi connectivity index (χ4v) is 2.36. The van der Waals surface area contributed by atoms with Crippen LogP contribution in [0.4, 0.5) is 4.79 Å². The lowest BCUT2D eigenvalue weighted by atomic mass is 9.96. The molecule has 0 aliphatic heterocycles. The molecule has 1 fully saturated rings. The number of nitrogens with one attached hydrogen (secondary N) is 1. The minimum Gasteiger partial charge on any atom is -0.337 e. The molecule has 2 rings (SSSR count). The number of hydrogen-bond acceptors (Lipinski definition) is 2. The Morgan fingerprint density at radius 3 is 2.83 bits per heavy atom. The minimum absolute atomic E-state index is 0.00454. The Kier molecular flexibility index (Phi) is 4.23. The molecule has 1 aromatic rings. The topological polar surface area (TPSA) is 50.2 Å². The summed E-state index contributed by atoms with van der Waals surface area (Å²) in [6, 6.07) is 0.361. The van der Waals surface area contributed by atoms with Gasteiger partial charge in [-0.15, -0.1) is 0 Å². The zero-order chi connectivity index (χ0) is 13.0. The maximum atomic E-state index is 12.0. The molecule has 0 aromatic carbocycles. The third-order valence-electron chi connectivity index (χ3n) is 3.58. The van der Waals surface area contributed by atoms with Crippen molar-refractivity contribution in [1.82, 2.24) is 19.8 Å². The van der Waals surface area contributed by atoms with Crippen molar-refractivity contribution in [3.05, 3.63) is 18.2 Å². The minimum atomic E-state index is 0.00454. The number of rotatable bonds is 3. The SMILES string of the molecule is CN(Cc1nccn1C)C(=O)NC1CCCCC1. The third kappa shape index (κ3) is 3.24. The second-order valence-corrected chi connectivity index (χ2v) is 5.09. The van der Waals surface area contributed by atoms with Gasteiger partial charge in [0.05, 0.1) is 6.54 Å². The van der Waals surface area contributed by atoms with E-state index in [1.165, 1.54) is 19.3 Å². The van der Waals surface area contributed by atoms with Crippen LogP contribution in [0, 0.1) is 0 Å². The maximum absolute atomic E-state index is 12.0. The standard InChI is InChI=1S/C13H22N4O/c1-16-9-8-14-12(16)10-17(2)13(18)15-11-6-4-3-5-7-11/h8-9,11H,3-7,10H2,1-2H3,(H,15,18). The van der Waals surface area contributed by atoms with Crippen molar-refractivity contribution in [2.24, 2.45) is 7.05 Å². The lowest BCUT2D eigenvalue weighted by Gasteiger charge is -2.26. The van der Waals surface area contributed by atoms with Gasteiger partial charge in [-0.2, -0.15) is 0 Å². The molecule has 0 bridgehead atoms. The van der Waals surface area contributed by atoms with Crippen molar-refractivity contribution in [3.63, 3.8) is 0 Å². The Balaban J connectivity index is 1.83. The summed E-state index contributed by atoms with van der Waals surface area (Å²) in [5, 5.41) is 3.10. The molecule has 0 radical (unpaired) electrons. The zero-order valence-electron chi connectivity index (χ0n) is 11.2. The lowest BCUT2D eigenvalue weighted by molar-refractivity contribution is 0.197. The van der Waals surface area contributed by atoms with Crippen LogP contribution in [0.5, 0.6) is 0 Å². The van der Waals surface area contributed by atoms with Gasteiger partial charge >= 0.3 is 6.03 Å². The van der Waals surface area contributed by atoms with Gasteiger partial charge in [-0.3, -0.25) is 0 Å². The highest BCUT2D eigenvalue weighted by Gasteiger charge is 2.18. The highest BCUT2D eigenvalue weighted by Crippen LogP contribution is 2.17. The predicted molar refractivity (Wildman–Crippen MR) is 70.1 cm³/mol. The average Bonchev–Trinajstić information content (AvgIpc) is 2.76. The normalized spacial score (nSPS) is 16.6. The zero-order valence-corrected chi connectivity index (χ0v) is 11.2. The van der Waals surface area contributed by atoms with Gasteiger partial charge < -0.3 is 14.8 Å². The van der Waals surface area contributed by atoms with Crippen LogP contribution < -0.4 is 5.32 Å². The van der Waals surface area contributed by atoms with E-state index in [1.54, 1.807) is 11.1 Å². The highest BCUT2D eigenvalue weighted by molar-refractivity contribution is 5.74. The molecule has 1 heterocycles. The average molecular weight is 250 g/mol. The van der Waals surface area contributed by atoms with E-state index in [0.29, 0.717) is 12.6 Å². The van der Waals surface area contributed by atoms with Crippen LogP contribution in [0.25, 0.3) is 0 Å². The molecular formula is C13H22N4O. The number of imidazole rings is 1. The molecule has 5 nitrogen and oxygen atoms in total. The van der Waals surface area contributed by atoms with Crippen LogP contribution >= 0.6 is 0 Å². The number of carbonyl (C=O) groups excluding carboxylic acids is 1. The smallest absolute Gasteiger partial charge is 0.317 e. The summed E-state index contributed by atoms with van der Waals surface area (Å²) in [4.78, 5) is 17.9. The molecule has 2 amide bonds. The monoisotopic (exact) mass is 250 g/mol. The predicted octanol–water partition coefficient (Wildman–Crippen LogP) is 1.89. The van der Waals surface area contributed by atoms with Gasteiger partial charge in [-0.1, -0.05) is 19.3 Å². The summed E-state index contributed by atoms with van der Waals surface area (Å²) in [6.07, 6.45) is 9.63. The van der Waals surface area contributed by atoms with Crippen molar-refractivity contribution < 1.29 is 4.79 Å². The molecular weight excluding hydrogens is 228 g/mol. The van der Waals surface area contributed by atoms with Gasteiger partial charge in [0.25, 0.3) is 0 Å². The fourth-order valence-electron chi connectivity index (χ4n) is 2.36.